The second-order valence-electron chi connectivity index (χ2n) is 4.48. The molecule has 0 saturated carbocycles. The van der Waals surface area contributed by atoms with E-state index in [9.17, 15) is 13.2 Å². The zero-order chi connectivity index (χ0) is 17.2. The average molecular weight is 352 g/mol. The molecular weight excluding hydrogens is 343 g/mol. The van der Waals surface area contributed by atoms with E-state index in [-0.39, 0.29) is 5.82 Å². The number of aromatic nitrogens is 4. The van der Waals surface area contributed by atoms with Gasteiger partial charge in [0.15, 0.2) is 5.82 Å². The first-order chi connectivity index (χ1) is 11.5. The minimum atomic E-state index is -4.45. The predicted molar refractivity (Wildman–Crippen MR) is 81.0 cm³/mol. The van der Waals surface area contributed by atoms with Crippen LogP contribution in [0, 0.1) is 6.07 Å². The van der Waals surface area contributed by atoms with Gasteiger partial charge in [0, 0.05) is 36.1 Å². The van der Waals surface area contributed by atoms with Gasteiger partial charge in [-0.2, -0.15) is 22.5 Å². The molecule has 1 N–H and O–H groups in total. The lowest BCUT2D eigenvalue weighted by Crippen LogP contribution is -2.05. The fraction of sp³-hybridized carbons (Fsp3) is 0.143. The zero-order valence-electron chi connectivity index (χ0n) is 12.1. The highest BCUT2D eigenvalue weighted by molar-refractivity contribution is 7.09. The molecular formula is C14H9F3N5OS. The van der Waals surface area contributed by atoms with Gasteiger partial charge in [0.2, 0.25) is 5.13 Å². The van der Waals surface area contributed by atoms with E-state index in [2.05, 4.69) is 30.7 Å². The molecule has 0 aliphatic rings. The first-order valence-electron chi connectivity index (χ1n) is 6.52. The van der Waals surface area contributed by atoms with E-state index < -0.39 is 11.7 Å². The Labute approximate surface area is 138 Å². The molecule has 0 unspecified atom stereocenters. The lowest BCUT2D eigenvalue weighted by molar-refractivity contribution is -0.137. The van der Waals surface area contributed by atoms with Gasteiger partial charge in [0.1, 0.15) is 17.3 Å². The number of nitrogens with one attached hydrogen (secondary N) is 1. The van der Waals surface area contributed by atoms with Crippen molar-refractivity contribution < 1.29 is 17.9 Å². The van der Waals surface area contributed by atoms with Crippen molar-refractivity contribution in [2.45, 2.75) is 6.18 Å². The Hall–Kier alpha value is -2.75. The highest BCUT2D eigenvalue weighted by Crippen LogP contribution is 2.29. The number of hydrogen-bond donors (Lipinski definition) is 1. The summed E-state index contributed by atoms with van der Waals surface area (Å²) in [6.07, 6.45) is -2.16. The van der Waals surface area contributed by atoms with E-state index in [4.69, 9.17) is 4.74 Å². The molecule has 0 atom stereocenters. The minimum absolute atomic E-state index is 0.115. The topological polar surface area (TPSA) is 72.8 Å². The molecule has 3 aromatic rings. The summed E-state index contributed by atoms with van der Waals surface area (Å²) in [5, 5.41) is 3.11. The van der Waals surface area contributed by atoms with Crippen molar-refractivity contribution in [1.82, 2.24) is 19.3 Å². The molecule has 123 valence electrons. The van der Waals surface area contributed by atoms with Gasteiger partial charge in [0.25, 0.3) is 0 Å². The number of halogens is 3. The lowest BCUT2D eigenvalue weighted by atomic mass is 10.3. The van der Waals surface area contributed by atoms with Crippen molar-refractivity contribution in [3.05, 3.63) is 42.2 Å². The van der Waals surface area contributed by atoms with Crippen LogP contribution >= 0.6 is 11.5 Å². The van der Waals surface area contributed by atoms with Crippen LogP contribution in [0.3, 0.4) is 0 Å². The molecule has 0 bridgehead atoms. The van der Waals surface area contributed by atoms with Gasteiger partial charge in [-0.3, -0.25) is 4.98 Å². The maximum Gasteiger partial charge on any atom is 0.417 e. The Morgan fingerprint density at radius 3 is 2.79 bits per heavy atom. The zero-order valence-corrected chi connectivity index (χ0v) is 12.9. The SMILES string of the molecule is COc1ccnc(-c2nsc(Nc3[c]cc(C(F)(F)F)cn3)n2)c1. The molecule has 0 saturated heterocycles. The maximum absolute atomic E-state index is 12.5. The van der Waals surface area contributed by atoms with Crippen LogP contribution in [0.2, 0.25) is 0 Å². The number of ether oxygens (including phenoxy) is 1. The number of nitrogens with zero attached hydrogens (tertiary/aromatic N) is 4. The third-order valence-electron chi connectivity index (χ3n) is 2.87. The summed E-state index contributed by atoms with van der Waals surface area (Å²) in [5.74, 6) is 1.10. The van der Waals surface area contributed by atoms with Crippen molar-refractivity contribution in [2.24, 2.45) is 0 Å². The third kappa shape index (κ3) is 3.59. The van der Waals surface area contributed by atoms with Crippen LogP contribution in [0.4, 0.5) is 24.1 Å². The van der Waals surface area contributed by atoms with Crippen LogP contribution in [0.15, 0.2) is 30.6 Å². The number of pyridine rings is 2. The third-order valence-corrected chi connectivity index (χ3v) is 3.50. The number of hydrogen-bond acceptors (Lipinski definition) is 7. The summed E-state index contributed by atoms with van der Waals surface area (Å²) < 4.78 is 46.7. The molecule has 0 aliphatic carbocycles. The molecule has 0 spiro atoms. The van der Waals surface area contributed by atoms with Crippen LogP contribution in [0.25, 0.3) is 11.5 Å². The minimum Gasteiger partial charge on any atom is -0.497 e. The summed E-state index contributed by atoms with van der Waals surface area (Å²) in [7, 11) is 1.53. The fourth-order valence-electron chi connectivity index (χ4n) is 1.72. The van der Waals surface area contributed by atoms with E-state index in [0.29, 0.717) is 22.4 Å². The fourth-order valence-corrected chi connectivity index (χ4v) is 2.30. The van der Waals surface area contributed by atoms with Crippen molar-refractivity contribution in [1.29, 1.82) is 0 Å². The number of alkyl halides is 3. The monoisotopic (exact) mass is 352 g/mol. The molecule has 24 heavy (non-hydrogen) atoms. The van der Waals surface area contributed by atoms with Crippen LogP contribution in [-0.4, -0.2) is 26.4 Å². The predicted octanol–water partition coefficient (Wildman–Crippen LogP) is 3.57. The number of methoxy groups -OCH3 is 1. The Kier molecular flexibility index (Phi) is 4.30. The molecule has 0 aromatic carbocycles. The summed E-state index contributed by atoms with van der Waals surface area (Å²) in [6.45, 7) is 0. The summed E-state index contributed by atoms with van der Waals surface area (Å²) in [5.41, 5.74) is -0.352. The molecule has 0 fully saturated rings. The van der Waals surface area contributed by atoms with Crippen LogP contribution in [-0.2, 0) is 6.18 Å². The average Bonchev–Trinajstić information content (AvgIpc) is 3.03. The Bertz CT molecular complexity index is 835. The van der Waals surface area contributed by atoms with Crippen LogP contribution in [0.5, 0.6) is 5.75 Å². The smallest absolute Gasteiger partial charge is 0.417 e. The van der Waals surface area contributed by atoms with Gasteiger partial charge in [-0.05, 0) is 12.1 Å². The van der Waals surface area contributed by atoms with E-state index >= 15 is 0 Å². The van der Waals surface area contributed by atoms with Gasteiger partial charge in [0.05, 0.1) is 12.7 Å². The van der Waals surface area contributed by atoms with Crippen molar-refractivity contribution in [3.63, 3.8) is 0 Å². The molecule has 0 amide bonds. The van der Waals surface area contributed by atoms with Gasteiger partial charge >= 0.3 is 6.18 Å². The standard InChI is InChI=1S/C14H9F3N5OS/c1-23-9-4-5-18-10(6-9)12-21-13(24-22-12)20-11-3-2-8(7-19-11)14(15,16)17/h2,4-7H,1H3,(H,19,20,21,22). The molecule has 1 radical (unpaired) electrons. The quantitative estimate of drug-likeness (QED) is 0.774. The molecule has 6 nitrogen and oxygen atoms in total. The van der Waals surface area contributed by atoms with Crippen molar-refractivity contribution >= 4 is 22.5 Å². The Morgan fingerprint density at radius 1 is 1.29 bits per heavy atom. The van der Waals surface area contributed by atoms with Gasteiger partial charge in [-0.25, -0.2) is 4.98 Å². The second kappa shape index (κ2) is 6.40. The van der Waals surface area contributed by atoms with E-state index in [1.54, 1.807) is 18.3 Å². The summed E-state index contributed by atoms with van der Waals surface area (Å²) >= 11 is 1.03. The molecule has 3 rings (SSSR count). The van der Waals surface area contributed by atoms with Crippen molar-refractivity contribution in [2.75, 3.05) is 12.4 Å². The van der Waals surface area contributed by atoms with Gasteiger partial charge in [-0.1, -0.05) is 0 Å². The Balaban J connectivity index is 1.76. The van der Waals surface area contributed by atoms with E-state index in [1.807, 2.05) is 0 Å². The molecule has 3 aromatic heterocycles. The highest BCUT2D eigenvalue weighted by Gasteiger charge is 2.30. The van der Waals surface area contributed by atoms with E-state index in [1.165, 1.54) is 7.11 Å². The van der Waals surface area contributed by atoms with Crippen molar-refractivity contribution in [3.8, 4) is 17.3 Å². The normalized spacial score (nSPS) is 11.3. The summed E-state index contributed by atoms with van der Waals surface area (Å²) in [6, 6.07) is 6.61. The number of rotatable bonds is 4. The van der Waals surface area contributed by atoms with Gasteiger partial charge in [-0.15, -0.1) is 0 Å². The largest absolute Gasteiger partial charge is 0.497 e. The summed E-state index contributed by atoms with van der Waals surface area (Å²) in [4.78, 5) is 12.0. The Morgan fingerprint density at radius 2 is 2.12 bits per heavy atom. The number of anilines is 2. The second-order valence-corrected chi connectivity index (χ2v) is 5.23. The van der Waals surface area contributed by atoms with Crippen LogP contribution < -0.4 is 10.1 Å². The molecule has 3 heterocycles. The highest BCUT2D eigenvalue weighted by atomic mass is 32.1. The van der Waals surface area contributed by atoms with Crippen LogP contribution in [0.1, 0.15) is 5.56 Å². The van der Waals surface area contributed by atoms with Gasteiger partial charge < -0.3 is 10.1 Å². The molecule has 10 heteroatoms. The van der Waals surface area contributed by atoms with E-state index in [0.717, 1.165) is 23.8 Å². The molecule has 0 aliphatic heterocycles. The first-order valence-corrected chi connectivity index (χ1v) is 7.29. The maximum atomic E-state index is 12.5. The first kappa shape index (κ1) is 16.1. The lowest BCUT2D eigenvalue weighted by Gasteiger charge is -2.06.